The number of fused-ring (bicyclic) bond motifs is 1. The summed E-state index contributed by atoms with van der Waals surface area (Å²) in [5, 5.41) is 14.9. The number of hydrogen-bond acceptors (Lipinski definition) is 4. The van der Waals surface area contributed by atoms with Gasteiger partial charge in [0.15, 0.2) is 0 Å². The molecule has 0 aromatic heterocycles. The zero-order valence-electron chi connectivity index (χ0n) is 16.5. The first kappa shape index (κ1) is 19.3. The van der Waals surface area contributed by atoms with Crippen LogP contribution in [0.4, 0.5) is 4.79 Å². The van der Waals surface area contributed by atoms with Crippen LogP contribution in [0, 0.1) is 0 Å². The van der Waals surface area contributed by atoms with Crippen molar-refractivity contribution in [2.45, 2.75) is 31.8 Å². The van der Waals surface area contributed by atoms with Crippen LogP contribution in [0.3, 0.4) is 0 Å². The van der Waals surface area contributed by atoms with Crippen LogP contribution in [0.1, 0.15) is 31.4 Å². The highest BCUT2D eigenvalue weighted by atomic mass is 16.5. The number of phenolic OH excluding ortho intramolecular Hbond substituents is 1. The Balaban J connectivity index is 1.79. The molecular formula is C21H29N3O3. The number of phenols is 1. The zero-order chi connectivity index (χ0) is 19.6. The summed E-state index contributed by atoms with van der Waals surface area (Å²) in [7, 11) is 5.57. The maximum absolute atomic E-state index is 12.8. The number of carbonyl (C=O) groups excluding carboxylic acids is 1. The molecule has 1 aliphatic rings. The Morgan fingerprint density at radius 2 is 2.00 bits per heavy atom. The molecule has 27 heavy (non-hydrogen) atoms. The largest absolute Gasteiger partial charge is 0.507 e. The fourth-order valence-electron chi connectivity index (χ4n) is 3.84. The van der Waals surface area contributed by atoms with E-state index >= 15 is 0 Å². The normalized spacial score (nSPS) is 16.9. The predicted molar refractivity (Wildman–Crippen MR) is 107 cm³/mol. The first-order valence-corrected chi connectivity index (χ1v) is 9.42. The fourth-order valence-corrected chi connectivity index (χ4v) is 3.84. The van der Waals surface area contributed by atoms with Crippen LogP contribution in [-0.2, 0) is 0 Å². The topological polar surface area (TPSA) is 65.0 Å². The van der Waals surface area contributed by atoms with Gasteiger partial charge in [-0.3, -0.25) is 0 Å². The molecule has 1 heterocycles. The van der Waals surface area contributed by atoms with Crippen LogP contribution in [-0.4, -0.2) is 61.3 Å². The molecule has 1 atom stereocenters. The maximum atomic E-state index is 12.8. The number of rotatable bonds is 4. The molecule has 2 aromatic rings. The Bertz CT molecular complexity index is 816. The van der Waals surface area contributed by atoms with Gasteiger partial charge >= 0.3 is 6.03 Å². The number of carbonyl (C=O) groups is 1. The molecule has 2 aromatic carbocycles. The number of aromatic hydroxyl groups is 1. The fraction of sp³-hybridized carbons (Fsp3) is 0.476. The van der Waals surface area contributed by atoms with Crippen molar-refractivity contribution in [2.75, 3.05) is 34.3 Å². The van der Waals surface area contributed by atoms with E-state index in [0.29, 0.717) is 11.1 Å². The van der Waals surface area contributed by atoms with Gasteiger partial charge in [-0.2, -0.15) is 0 Å². The second-order valence-corrected chi connectivity index (χ2v) is 7.37. The van der Waals surface area contributed by atoms with Crippen molar-refractivity contribution in [3.05, 3.63) is 35.9 Å². The van der Waals surface area contributed by atoms with E-state index < -0.39 is 0 Å². The number of benzene rings is 2. The van der Waals surface area contributed by atoms with Crippen LogP contribution in [0.2, 0.25) is 0 Å². The monoisotopic (exact) mass is 371 g/mol. The smallest absolute Gasteiger partial charge is 0.317 e. The number of nitrogens with one attached hydrogen (secondary N) is 1. The average Bonchev–Trinajstić information content (AvgIpc) is 2.67. The standard InChI is InChI=1S/C21H29N3O3/c1-14(22-21(26)24(3)15-10-12-23(2)13-11-15)16-8-9-19(27-4)20-17(16)6-5-7-18(20)25/h5-9,14-15,25H,10-13H2,1-4H3,(H,22,26). The maximum Gasteiger partial charge on any atom is 0.317 e. The minimum Gasteiger partial charge on any atom is -0.507 e. The second kappa shape index (κ2) is 8.05. The Kier molecular flexibility index (Phi) is 5.75. The molecule has 2 amide bonds. The number of hydrogen-bond donors (Lipinski definition) is 2. The lowest BCUT2D eigenvalue weighted by Gasteiger charge is -2.35. The van der Waals surface area contributed by atoms with E-state index in [1.54, 1.807) is 19.2 Å². The van der Waals surface area contributed by atoms with Gasteiger partial charge in [-0.1, -0.05) is 18.2 Å². The molecule has 3 rings (SSSR count). The summed E-state index contributed by atoms with van der Waals surface area (Å²) in [5.41, 5.74) is 0.951. The Morgan fingerprint density at radius 3 is 2.67 bits per heavy atom. The quantitative estimate of drug-likeness (QED) is 0.865. The lowest BCUT2D eigenvalue weighted by molar-refractivity contribution is 0.146. The molecule has 0 radical (unpaired) electrons. The van der Waals surface area contributed by atoms with Crippen molar-refractivity contribution in [2.24, 2.45) is 0 Å². The number of methoxy groups -OCH3 is 1. The van der Waals surface area contributed by atoms with Gasteiger partial charge in [0.2, 0.25) is 0 Å². The highest BCUT2D eigenvalue weighted by Gasteiger charge is 2.25. The second-order valence-electron chi connectivity index (χ2n) is 7.37. The molecule has 2 N–H and O–H groups in total. The van der Waals surface area contributed by atoms with Gasteiger partial charge in [0.1, 0.15) is 11.5 Å². The molecule has 1 aliphatic heterocycles. The highest BCUT2D eigenvalue weighted by molar-refractivity contribution is 5.96. The van der Waals surface area contributed by atoms with Crippen LogP contribution >= 0.6 is 0 Å². The number of ether oxygens (including phenoxy) is 1. The molecule has 0 bridgehead atoms. The van der Waals surface area contributed by atoms with Crippen molar-refractivity contribution in [3.63, 3.8) is 0 Å². The van der Waals surface area contributed by atoms with E-state index in [1.165, 1.54) is 0 Å². The third-order valence-electron chi connectivity index (χ3n) is 5.60. The molecule has 6 nitrogen and oxygen atoms in total. The van der Waals surface area contributed by atoms with Crippen molar-refractivity contribution in [3.8, 4) is 11.5 Å². The van der Waals surface area contributed by atoms with E-state index in [2.05, 4.69) is 17.3 Å². The van der Waals surface area contributed by atoms with Gasteiger partial charge in [-0.15, -0.1) is 0 Å². The van der Waals surface area contributed by atoms with E-state index in [0.717, 1.165) is 36.9 Å². The third kappa shape index (κ3) is 3.95. The summed E-state index contributed by atoms with van der Waals surface area (Å²) < 4.78 is 5.39. The molecular weight excluding hydrogens is 342 g/mol. The predicted octanol–water partition coefficient (Wildman–Crippen LogP) is 3.35. The van der Waals surface area contributed by atoms with Crippen molar-refractivity contribution < 1.29 is 14.6 Å². The summed E-state index contributed by atoms with van der Waals surface area (Å²) in [5.74, 6) is 0.794. The van der Waals surface area contributed by atoms with Crippen LogP contribution in [0.25, 0.3) is 10.8 Å². The Labute approximate surface area is 160 Å². The SMILES string of the molecule is COc1ccc(C(C)NC(=O)N(C)C2CCN(C)CC2)c2cccc(O)c12. The zero-order valence-corrected chi connectivity index (χ0v) is 16.5. The summed E-state index contributed by atoms with van der Waals surface area (Å²) >= 11 is 0. The van der Waals surface area contributed by atoms with Gasteiger partial charge in [-0.05, 0) is 63.0 Å². The first-order chi connectivity index (χ1) is 12.9. The van der Waals surface area contributed by atoms with Crippen LogP contribution in [0.15, 0.2) is 30.3 Å². The highest BCUT2D eigenvalue weighted by Crippen LogP contribution is 2.37. The lowest BCUT2D eigenvalue weighted by atomic mass is 9.98. The van der Waals surface area contributed by atoms with Crippen LogP contribution < -0.4 is 10.1 Å². The van der Waals surface area contributed by atoms with E-state index in [4.69, 9.17) is 4.74 Å². The minimum atomic E-state index is -0.193. The Hall–Kier alpha value is -2.47. The summed E-state index contributed by atoms with van der Waals surface area (Å²) in [6.45, 7) is 3.99. The molecule has 0 spiro atoms. The molecule has 0 aliphatic carbocycles. The van der Waals surface area contributed by atoms with Crippen molar-refractivity contribution >= 4 is 16.8 Å². The number of urea groups is 1. The van der Waals surface area contributed by atoms with Gasteiger partial charge in [0.25, 0.3) is 0 Å². The Morgan fingerprint density at radius 1 is 1.30 bits per heavy atom. The molecule has 1 fully saturated rings. The number of piperidine rings is 1. The van der Waals surface area contributed by atoms with Crippen LogP contribution in [0.5, 0.6) is 11.5 Å². The van der Waals surface area contributed by atoms with Gasteiger partial charge in [-0.25, -0.2) is 4.79 Å². The van der Waals surface area contributed by atoms with Gasteiger partial charge in [0.05, 0.1) is 18.5 Å². The number of likely N-dealkylation sites (tertiary alicyclic amines) is 1. The number of amides is 2. The molecule has 146 valence electrons. The van der Waals surface area contributed by atoms with E-state index in [1.807, 2.05) is 37.1 Å². The van der Waals surface area contributed by atoms with E-state index in [9.17, 15) is 9.90 Å². The summed E-state index contributed by atoms with van der Waals surface area (Å²) in [6.07, 6.45) is 1.99. The first-order valence-electron chi connectivity index (χ1n) is 9.42. The van der Waals surface area contributed by atoms with Gasteiger partial charge in [0, 0.05) is 13.1 Å². The van der Waals surface area contributed by atoms with E-state index in [-0.39, 0.29) is 23.9 Å². The lowest BCUT2D eigenvalue weighted by Crippen LogP contribution is -2.48. The average molecular weight is 371 g/mol. The number of nitrogens with zero attached hydrogens (tertiary/aromatic N) is 2. The summed E-state index contributed by atoms with van der Waals surface area (Å²) in [6, 6.07) is 9.18. The van der Waals surface area contributed by atoms with Crippen molar-refractivity contribution in [1.82, 2.24) is 15.1 Å². The molecule has 6 heteroatoms. The van der Waals surface area contributed by atoms with Gasteiger partial charge < -0.3 is 25.0 Å². The van der Waals surface area contributed by atoms with Crippen molar-refractivity contribution in [1.29, 1.82) is 0 Å². The molecule has 1 saturated heterocycles. The molecule has 0 saturated carbocycles. The molecule has 1 unspecified atom stereocenters. The summed E-state index contributed by atoms with van der Waals surface area (Å²) in [4.78, 5) is 16.9. The third-order valence-corrected chi connectivity index (χ3v) is 5.60. The minimum absolute atomic E-state index is 0.0684.